The van der Waals surface area contributed by atoms with Gasteiger partial charge in [-0.15, -0.1) is 12.8 Å². The van der Waals surface area contributed by atoms with Crippen LogP contribution in [0.3, 0.4) is 0 Å². The van der Waals surface area contributed by atoms with E-state index in [1.165, 1.54) is 12.2 Å². The molecule has 0 aromatic rings. The average Bonchev–Trinajstić information content (AvgIpc) is 2.45. The normalized spacial score (nSPS) is 13.0. The highest BCUT2D eigenvalue weighted by molar-refractivity contribution is 5.95. The third-order valence-corrected chi connectivity index (χ3v) is 2.13. The largest absolute Gasteiger partial charge is 0.371 e. The van der Waals surface area contributed by atoms with Crippen LogP contribution >= 0.6 is 0 Å². The summed E-state index contributed by atoms with van der Waals surface area (Å²) < 4.78 is 5.43. The Bertz CT molecular complexity index is 430. The first-order valence-electron chi connectivity index (χ1n) is 6.02. The molecule has 20 heavy (non-hydrogen) atoms. The molecule has 0 atom stereocenters. The van der Waals surface area contributed by atoms with Gasteiger partial charge in [-0.1, -0.05) is 6.08 Å². The molecule has 0 heterocycles. The maximum absolute atomic E-state index is 10.6. The molecule has 0 N–H and O–H groups in total. The second-order valence-electron chi connectivity index (χ2n) is 3.67. The van der Waals surface area contributed by atoms with Gasteiger partial charge >= 0.3 is 0 Å². The minimum Gasteiger partial charge on any atom is -0.371 e. The molecule has 0 unspecified atom stereocenters. The number of nitrogens with zero attached hydrogens (tertiary/aromatic N) is 2. The molecule has 0 bridgehead atoms. The minimum absolute atomic E-state index is 0.0777. The van der Waals surface area contributed by atoms with E-state index in [2.05, 4.69) is 17.8 Å². The Kier molecular flexibility index (Phi) is 13.3. The summed E-state index contributed by atoms with van der Waals surface area (Å²) in [6.07, 6.45) is 14.7. The van der Waals surface area contributed by atoms with Crippen LogP contribution in [0.25, 0.3) is 0 Å². The number of aliphatic imine (C=N–C) groups is 1. The monoisotopic (exact) mass is 278 g/mol. The van der Waals surface area contributed by atoms with Crippen LogP contribution in [0.1, 0.15) is 20.8 Å². The SMILES string of the molecule is C#C.C/C=C\C(COC/C(C)=C\C(=C/C)[N+](=O)[O-])=NC. The first-order chi connectivity index (χ1) is 9.54. The third-order valence-electron chi connectivity index (χ3n) is 2.13. The van der Waals surface area contributed by atoms with Gasteiger partial charge in [0.05, 0.1) is 23.8 Å². The third kappa shape index (κ3) is 9.80. The molecule has 0 rings (SSSR count). The van der Waals surface area contributed by atoms with Crippen LogP contribution in [0, 0.1) is 23.0 Å². The second-order valence-corrected chi connectivity index (χ2v) is 3.67. The molecule has 5 heteroatoms. The summed E-state index contributed by atoms with van der Waals surface area (Å²) in [6, 6.07) is 0. The van der Waals surface area contributed by atoms with E-state index in [4.69, 9.17) is 4.74 Å². The van der Waals surface area contributed by atoms with Crippen molar-refractivity contribution in [3.05, 3.63) is 45.7 Å². The van der Waals surface area contributed by atoms with E-state index in [9.17, 15) is 10.1 Å². The summed E-state index contributed by atoms with van der Waals surface area (Å²) in [5.41, 5.74) is 1.72. The summed E-state index contributed by atoms with van der Waals surface area (Å²) in [5, 5.41) is 10.6. The van der Waals surface area contributed by atoms with Gasteiger partial charge in [0.15, 0.2) is 0 Å². The molecule has 0 aliphatic rings. The van der Waals surface area contributed by atoms with Crippen LogP contribution < -0.4 is 0 Å². The minimum atomic E-state index is -0.414. The smallest absolute Gasteiger partial charge is 0.265 e. The Morgan fingerprint density at radius 2 is 1.95 bits per heavy atom. The predicted octanol–water partition coefficient (Wildman–Crippen LogP) is 3.03. The van der Waals surface area contributed by atoms with E-state index in [-0.39, 0.29) is 5.70 Å². The molecular weight excluding hydrogens is 256 g/mol. The van der Waals surface area contributed by atoms with Gasteiger partial charge in [0.25, 0.3) is 5.70 Å². The molecule has 0 aliphatic heterocycles. The van der Waals surface area contributed by atoms with E-state index in [0.29, 0.717) is 13.2 Å². The summed E-state index contributed by atoms with van der Waals surface area (Å²) in [4.78, 5) is 14.2. The van der Waals surface area contributed by atoms with Crippen LogP contribution in [-0.2, 0) is 4.74 Å². The fourth-order valence-electron chi connectivity index (χ4n) is 1.23. The zero-order valence-electron chi connectivity index (χ0n) is 12.5. The predicted molar refractivity (Wildman–Crippen MR) is 83.4 cm³/mol. The molecule has 0 amide bonds. The van der Waals surface area contributed by atoms with Crippen LogP contribution in [0.15, 0.2) is 40.6 Å². The van der Waals surface area contributed by atoms with Crippen molar-refractivity contribution in [2.75, 3.05) is 20.3 Å². The van der Waals surface area contributed by atoms with Crippen LogP contribution in [0.2, 0.25) is 0 Å². The number of nitro groups is 1. The van der Waals surface area contributed by atoms with Gasteiger partial charge < -0.3 is 4.74 Å². The van der Waals surface area contributed by atoms with Gasteiger partial charge in [0.2, 0.25) is 0 Å². The van der Waals surface area contributed by atoms with Crippen molar-refractivity contribution in [1.29, 1.82) is 0 Å². The van der Waals surface area contributed by atoms with E-state index < -0.39 is 4.92 Å². The first kappa shape index (κ1) is 20.1. The average molecular weight is 278 g/mol. The molecule has 0 aromatic carbocycles. The molecule has 0 aromatic heterocycles. The lowest BCUT2D eigenvalue weighted by molar-refractivity contribution is -0.419. The molecule has 5 nitrogen and oxygen atoms in total. The van der Waals surface area contributed by atoms with Crippen LogP contribution in [0.4, 0.5) is 0 Å². The Morgan fingerprint density at radius 3 is 2.35 bits per heavy atom. The van der Waals surface area contributed by atoms with Crippen molar-refractivity contribution in [2.24, 2.45) is 4.99 Å². The molecule has 0 saturated carbocycles. The Labute approximate surface area is 120 Å². The lowest BCUT2D eigenvalue weighted by Gasteiger charge is -2.04. The van der Waals surface area contributed by atoms with Crippen molar-refractivity contribution in [2.45, 2.75) is 20.8 Å². The summed E-state index contributed by atoms with van der Waals surface area (Å²) >= 11 is 0. The highest BCUT2D eigenvalue weighted by Gasteiger charge is 2.05. The number of ether oxygens (including phenoxy) is 1. The first-order valence-corrected chi connectivity index (χ1v) is 6.02. The summed E-state index contributed by atoms with van der Waals surface area (Å²) in [7, 11) is 1.70. The lowest BCUT2D eigenvalue weighted by Crippen LogP contribution is -2.08. The highest BCUT2D eigenvalue weighted by atomic mass is 16.6. The number of hydrogen-bond acceptors (Lipinski definition) is 4. The summed E-state index contributed by atoms with van der Waals surface area (Å²) in [5.74, 6) is 0. The van der Waals surface area contributed by atoms with Crippen LogP contribution in [0.5, 0.6) is 0 Å². The van der Waals surface area contributed by atoms with Gasteiger partial charge in [-0.25, -0.2) is 0 Å². The molecule has 110 valence electrons. The van der Waals surface area contributed by atoms with Crippen molar-refractivity contribution in [3.63, 3.8) is 0 Å². The molecule has 0 aliphatic carbocycles. The van der Waals surface area contributed by atoms with E-state index >= 15 is 0 Å². The quantitative estimate of drug-likeness (QED) is 0.236. The molecular formula is C15H22N2O3. The maximum Gasteiger partial charge on any atom is 0.265 e. The second kappa shape index (κ2) is 13.2. The van der Waals surface area contributed by atoms with Gasteiger partial charge in [0.1, 0.15) is 0 Å². The molecule has 0 spiro atoms. The number of terminal acetylenes is 1. The van der Waals surface area contributed by atoms with Crippen molar-refractivity contribution < 1.29 is 9.66 Å². The summed E-state index contributed by atoms with van der Waals surface area (Å²) in [6.45, 7) is 6.09. The molecule has 0 fully saturated rings. The van der Waals surface area contributed by atoms with E-state index in [0.717, 1.165) is 11.3 Å². The van der Waals surface area contributed by atoms with E-state index in [1.54, 1.807) is 20.9 Å². The van der Waals surface area contributed by atoms with Gasteiger partial charge in [-0.2, -0.15) is 0 Å². The molecule has 0 radical (unpaired) electrons. The standard InChI is InChI=1S/C13H20N2O3.C2H2/c1-5-7-12(14-4)10-18-9-11(3)8-13(6-2)15(16)17;1-2/h5-8H,9-10H2,1-4H3;1-2H/b7-5-,11-8-,13-6+,14-12?;. The van der Waals surface area contributed by atoms with Crippen molar-refractivity contribution in [3.8, 4) is 12.8 Å². The fourth-order valence-corrected chi connectivity index (χ4v) is 1.23. The number of rotatable bonds is 7. The van der Waals surface area contributed by atoms with Gasteiger partial charge in [0, 0.05) is 13.1 Å². The topological polar surface area (TPSA) is 64.7 Å². The zero-order valence-corrected chi connectivity index (χ0v) is 12.5. The van der Waals surface area contributed by atoms with E-state index in [1.807, 2.05) is 19.1 Å². The zero-order chi connectivity index (χ0) is 16.0. The van der Waals surface area contributed by atoms with Gasteiger partial charge in [-0.3, -0.25) is 15.1 Å². The Hall–Kier alpha value is -2.19. The molecule has 0 saturated heterocycles. The van der Waals surface area contributed by atoms with Gasteiger partial charge in [-0.05, 0) is 38.5 Å². The maximum atomic E-state index is 10.6. The Balaban J connectivity index is 0. The van der Waals surface area contributed by atoms with Crippen molar-refractivity contribution >= 4 is 5.71 Å². The Morgan fingerprint density at radius 1 is 1.35 bits per heavy atom. The highest BCUT2D eigenvalue weighted by Crippen LogP contribution is 2.04. The fraction of sp³-hybridized carbons (Fsp3) is 0.400. The van der Waals surface area contributed by atoms with Crippen molar-refractivity contribution in [1.82, 2.24) is 0 Å². The van der Waals surface area contributed by atoms with Crippen LogP contribution in [-0.4, -0.2) is 30.9 Å². The lowest BCUT2D eigenvalue weighted by atomic mass is 10.2. The number of allylic oxidation sites excluding steroid dienone is 3. The number of hydrogen-bond donors (Lipinski definition) is 0.